The minimum absolute atomic E-state index is 0.336. The van der Waals surface area contributed by atoms with Gasteiger partial charge in [0.05, 0.1) is 5.52 Å². The molecule has 25 heavy (non-hydrogen) atoms. The molecule has 2 N–H and O–H groups in total. The fourth-order valence-corrected chi connectivity index (χ4v) is 3.08. The largest absolute Gasteiger partial charge is 0.382 e. The maximum atomic E-state index is 6.12. The van der Waals surface area contributed by atoms with Gasteiger partial charge in [0.2, 0.25) is 0 Å². The monoisotopic (exact) mass is 391 g/mol. The topological polar surface area (TPSA) is 68.6 Å². The molecule has 3 heterocycles. The number of halogens is 1. The molecule has 5 nitrogen and oxygen atoms in total. The van der Waals surface area contributed by atoms with Crippen molar-refractivity contribution in [3.63, 3.8) is 0 Å². The Morgan fingerprint density at radius 3 is 2.60 bits per heavy atom. The van der Waals surface area contributed by atoms with Crippen molar-refractivity contribution < 1.29 is 0 Å². The third-order valence-electron chi connectivity index (χ3n) is 3.80. The minimum Gasteiger partial charge on any atom is -0.382 e. The molecule has 122 valence electrons. The third-order valence-corrected chi connectivity index (χ3v) is 4.49. The van der Waals surface area contributed by atoms with Gasteiger partial charge in [-0.25, -0.2) is 9.98 Å². The predicted molar refractivity (Wildman–Crippen MR) is 103 cm³/mol. The summed E-state index contributed by atoms with van der Waals surface area (Å²) in [6.07, 6.45) is 3.66. The molecule has 4 aromatic rings. The summed E-state index contributed by atoms with van der Waals surface area (Å²) in [5.74, 6) is 1.70. The maximum Gasteiger partial charge on any atom is 0.180 e. The average molecular weight is 392 g/mol. The van der Waals surface area contributed by atoms with Gasteiger partial charge in [0.25, 0.3) is 0 Å². The highest BCUT2D eigenvalue weighted by Gasteiger charge is 2.14. The van der Waals surface area contributed by atoms with E-state index in [1.165, 1.54) is 0 Å². The van der Waals surface area contributed by atoms with Crippen LogP contribution in [0.2, 0.25) is 0 Å². The Morgan fingerprint density at radius 1 is 1.00 bits per heavy atom. The van der Waals surface area contributed by atoms with Crippen LogP contribution < -0.4 is 5.73 Å². The fourth-order valence-electron chi connectivity index (χ4n) is 2.62. The van der Waals surface area contributed by atoms with E-state index in [-0.39, 0.29) is 0 Å². The number of nitrogens with two attached hydrogens (primary N) is 1. The molecule has 0 aliphatic heterocycles. The van der Waals surface area contributed by atoms with Gasteiger partial charge in [0, 0.05) is 22.4 Å². The SMILES string of the molecule is N/C(=N\c1nc(-c2ccccc2Br)n2ccccc12)c1ccccn1. The highest BCUT2D eigenvalue weighted by molar-refractivity contribution is 9.10. The summed E-state index contributed by atoms with van der Waals surface area (Å²) < 4.78 is 2.98. The molecule has 0 amide bonds. The second-order valence-corrected chi connectivity index (χ2v) is 6.26. The third kappa shape index (κ3) is 2.92. The lowest BCUT2D eigenvalue weighted by Gasteiger charge is -2.02. The summed E-state index contributed by atoms with van der Waals surface area (Å²) in [4.78, 5) is 13.5. The molecule has 0 aliphatic carbocycles. The van der Waals surface area contributed by atoms with Gasteiger partial charge in [-0.3, -0.25) is 9.38 Å². The van der Waals surface area contributed by atoms with Gasteiger partial charge >= 0.3 is 0 Å². The first-order valence-corrected chi connectivity index (χ1v) is 8.51. The van der Waals surface area contributed by atoms with Crippen LogP contribution in [0.25, 0.3) is 16.9 Å². The van der Waals surface area contributed by atoms with Crippen molar-refractivity contribution >= 4 is 33.1 Å². The van der Waals surface area contributed by atoms with Crippen molar-refractivity contribution in [3.05, 3.63) is 83.2 Å². The average Bonchev–Trinajstić information content (AvgIpc) is 3.01. The van der Waals surface area contributed by atoms with Crippen LogP contribution in [0.1, 0.15) is 5.69 Å². The van der Waals surface area contributed by atoms with Crippen molar-refractivity contribution in [2.45, 2.75) is 0 Å². The van der Waals surface area contributed by atoms with E-state index in [1.54, 1.807) is 6.20 Å². The Balaban J connectivity index is 1.90. The zero-order valence-electron chi connectivity index (χ0n) is 13.2. The zero-order valence-corrected chi connectivity index (χ0v) is 14.8. The van der Waals surface area contributed by atoms with E-state index >= 15 is 0 Å². The molecule has 1 aromatic carbocycles. The van der Waals surface area contributed by atoms with Gasteiger partial charge in [-0.1, -0.05) is 46.3 Å². The number of aliphatic imine (C=N–C) groups is 1. The van der Waals surface area contributed by atoms with E-state index < -0.39 is 0 Å². The van der Waals surface area contributed by atoms with E-state index in [4.69, 9.17) is 10.7 Å². The molecular formula is C19H14BrN5. The number of amidine groups is 1. The van der Waals surface area contributed by atoms with Gasteiger partial charge in [0.1, 0.15) is 11.5 Å². The molecule has 0 spiro atoms. The summed E-state index contributed by atoms with van der Waals surface area (Å²) in [6, 6.07) is 19.4. The second-order valence-electron chi connectivity index (χ2n) is 5.41. The molecule has 0 atom stereocenters. The van der Waals surface area contributed by atoms with Gasteiger partial charge in [-0.05, 0) is 30.3 Å². The molecule has 0 radical (unpaired) electrons. The lowest BCUT2D eigenvalue weighted by molar-refractivity contribution is 1.16. The summed E-state index contributed by atoms with van der Waals surface area (Å²) in [7, 11) is 0. The van der Waals surface area contributed by atoms with Crippen LogP contribution in [-0.4, -0.2) is 20.2 Å². The lowest BCUT2D eigenvalue weighted by Crippen LogP contribution is -2.14. The molecule has 0 fully saturated rings. The van der Waals surface area contributed by atoms with Gasteiger partial charge < -0.3 is 5.73 Å². The van der Waals surface area contributed by atoms with Crippen molar-refractivity contribution in [1.29, 1.82) is 0 Å². The molecule has 4 rings (SSSR count). The number of imidazole rings is 1. The molecule has 0 unspecified atom stereocenters. The Bertz CT molecular complexity index is 1070. The van der Waals surface area contributed by atoms with Crippen LogP contribution in [0.15, 0.2) is 82.5 Å². The van der Waals surface area contributed by atoms with E-state index in [0.29, 0.717) is 17.3 Å². The number of rotatable bonds is 3. The van der Waals surface area contributed by atoms with Gasteiger partial charge in [-0.15, -0.1) is 0 Å². The number of hydrogen-bond acceptors (Lipinski definition) is 3. The van der Waals surface area contributed by atoms with E-state index in [2.05, 4.69) is 25.9 Å². The van der Waals surface area contributed by atoms with Crippen LogP contribution in [0.5, 0.6) is 0 Å². The fraction of sp³-hybridized carbons (Fsp3) is 0. The van der Waals surface area contributed by atoms with Gasteiger partial charge in [0.15, 0.2) is 11.7 Å². The van der Waals surface area contributed by atoms with Crippen LogP contribution >= 0.6 is 15.9 Å². The number of pyridine rings is 2. The van der Waals surface area contributed by atoms with E-state index in [0.717, 1.165) is 21.4 Å². The maximum absolute atomic E-state index is 6.12. The first-order valence-electron chi connectivity index (χ1n) is 7.71. The van der Waals surface area contributed by atoms with Crippen molar-refractivity contribution in [3.8, 4) is 11.4 Å². The molecule has 0 saturated heterocycles. The molecule has 3 aromatic heterocycles. The Labute approximate surface area is 153 Å². The van der Waals surface area contributed by atoms with Crippen LogP contribution in [0.4, 0.5) is 5.82 Å². The highest BCUT2D eigenvalue weighted by atomic mass is 79.9. The molecule has 0 aliphatic rings. The highest BCUT2D eigenvalue weighted by Crippen LogP contribution is 2.32. The molecule has 0 bridgehead atoms. The summed E-state index contributed by atoms with van der Waals surface area (Å²) in [5.41, 5.74) is 8.62. The first kappa shape index (κ1) is 15.5. The lowest BCUT2D eigenvalue weighted by atomic mass is 10.2. The number of benzene rings is 1. The first-order chi connectivity index (χ1) is 12.2. The number of nitrogens with zero attached hydrogens (tertiary/aromatic N) is 4. The van der Waals surface area contributed by atoms with Crippen LogP contribution in [0.3, 0.4) is 0 Å². The summed E-state index contributed by atoms with van der Waals surface area (Å²) >= 11 is 3.59. The number of aromatic nitrogens is 3. The number of fused-ring (bicyclic) bond motifs is 1. The summed E-state index contributed by atoms with van der Waals surface area (Å²) in [5, 5.41) is 0. The van der Waals surface area contributed by atoms with Crippen molar-refractivity contribution in [2.75, 3.05) is 0 Å². The molecule has 6 heteroatoms. The van der Waals surface area contributed by atoms with Crippen LogP contribution in [-0.2, 0) is 0 Å². The quantitative estimate of drug-likeness (QED) is 0.420. The Hall–Kier alpha value is -2.99. The van der Waals surface area contributed by atoms with Gasteiger partial charge in [-0.2, -0.15) is 0 Å². The molecular weight excluding hydrogens is 378 g/mol. The normalized spacial score (nSPS) is 11.8. The standard InChI is InChI=1S/C19H14BrN5/c20-14-8-2-1-7-13(14)19-24-18(16-10-4-6-12-25(16)19)23-17(21)15-9-3-5-11-22-15/h1-12H,(H2,21,23). The van der Waals surface area contributed by atoms with Crippen LogP contribution in [0, 0.1) is 0 Å². The zero-order chi connectivity index (χ0) is 17.2. The summed E-state index contributed by atoms with van der Waals surface area (Å²) in [6.45, 7) is 0. The number of hydrogen-bond donors (Lipinski definition) is 1. The smallest absolute Gasteiger partial charge is 0.180 e. The van der Waals surface area contributed by atoms with E-state index in [9.17, 15) is 0 Å². The van der Waals surface area contributed by atoms with E-state index in [1.807, 2.05) is 71.3 Å². The Morgan fingerprint density at radius 2 is 1.80 bits per heavy atom. The predicted octanol–water partition coefficient (Wildman–Crippen LogP) is 4.20. The minimum atomic E-state index is 0.336. The second kappa shape index (κ2) is 6.49. The Kier molecular flexibility index (Phi) is 4.03. The molecule has 0 saturated carbocycles. The van der Waals surface area contributed by atoms with Crippen molar-refractivity contribution in [1.82, 2.24) is 14.4 Å². The van der Waals surface area contributed by atoms with Crippen molar-refractivity contribution in [2.24, 2.45) is 10.7 Å².